The predicted molar refractivity (Wildman–Crippen MR) is 75.1 cm³/mol. The van der Waals surface area contributed by atoms with Crippen LogP contribution in [0.3, 0.4) is 0 Å². The number of rotatable bonds is 4. The van der Waals surface area contributed by atoms with Crippen molar-refractivity contribution >= 4 is 0 Å². The normalized spacial score (nSPS) is 27.8. The largest absolute Gasteiger partial charge is 0.327 e. The molecule has 0 spiro atoms. The number of nitrogens with two attached hydrogens (primary N) is 1. The molecular weight excluding hydrogens is 258 g/mol. The molecule has 1 saturated carbocycles. The van der Waals surface area contributed by atoms with Gasteiger partial charge in [-0.1, -0.05) is 18.9 Å². The molecule has 2 nitrogen and oxygen atoms in total. The third-order valence-electron chi connectivity index (χ3n) is 4.40. The number of benzene rings is 1. The van der Waals surface area contributed by atoms with Gasteiger partial charge in [0.25, 0.3) is 0 Å². The Labute approximate surface area is 118 Å². The van der Waals surface area contributed by atoms with Gasteiger partial charge in [-0.3, -0.25) is 4.90 Å². The first-order chi connectivity index (χ1) is 9.60. The molecule has 1 aromatic rings. The topological polar surface area (TPSA) is 29.3 Å². The van der Waals surface area contributed by atoms with Crippen molar-refractivity contribution in [2.75, 3.05) is 13.1 Å². The Morgan fingerprint density at radius 3 is 2.60 bits per heavy atom. The molecule has 2 fully saturated rings. The van der Waals surface area contributed by atoms with Gasteiger partial charge < -0.3 is 5.73 Å². The minimum Gasteiger partial charge on any atom is -0.327 e. The molecule has 20 heavy (non-hydrogen) atoms. The monoisotopic (exact) mass is 280 g/mol. The second-order valence-electron chi connectivity index (χ2n) is 6.48. The van der Waals surface area contributed by atoms with Crippen LogP contribution in [0.1, 0.15) is 31.2 Å². The van der Waals surface area contributed by atoms with Crippen LogP contribution in [0.25, 0.3) is 0 Å². The maximum absolute atomic E-state index is 13.2. The van der Waals surface area contributed by atoms with Crippen LogP contribution in [0.15, 0.2) is 18.2 Å². The molecule has 0 radical (unpaired) electrons. The van der Waals surface area contributed by atoms with Gasteiger partial charge in [-0.15, -0.1) is 0 Å². The number of nitrogens with zero attached hydrogens (tertiary/aromatic N) is 1. The molecule has 1 aliphatic heterocycles. The van der Waals surface area contributed by atoms with Crippen molar-refractivity contribution in [3.63, 3.8) is 0 Å². The van der Waals surface area contributed by atoms with E-state index in [4.69, 9.17) is 5.73 Å². The Kier molecular flexibility index (Phi) is 4.03. The summed E-state index contributed by atoms with van der Waals surface area (Å²) in [6.07, 6.45) is 5.12. The van der Waals surface area contributed by atoms with Gasteiger partial charge in [-0.2, -0.15) is 0 Å². The Bertz CT molecular complexity index is 472. The first kappa shape index (κ1) is 14.0. The Morgan fingerprint density at radius 2 is 1.90 bits per heavy atom. The highest BCUT2D eigenvalue weighted by molar-refractivity contribution is 5.17. The van der Waals surface area contributed by atoms with Crippen LogP contribution in [0.2, 0.25) is 0 Å². The molecule has 2 atom stereocenters. The zero-order chi connectivity index (χ0) is 14.1. The standard InChI is InChI=1S/C16H22F2N2/c17-15-4-3-12(7-16(15)18)8-20-9-13(5-11-1-2-11)6-14(19)10-20/h3-4,7,11,13-14H,1-2,5-6,8-10,19H2. The van der Waals surface area contributed by atoms with Crippen molar-refractivity contribution < 1.29 is 8.78 Å². The summed E-state index contributed by atoms with van der Waals surface area (Å²) in [5.74, 6) is 0.0287. The van der Waals surface area contributed by atoms with Gasteiger partial charge in [0.2, 0.25) is 0 Å². The van der Waals surface area contributed by atoms with Gasteiger partial charge in [0.05, 0.1) is 0 Å². The Balaban J connectivity index is 1.61. The van der Waals surface area contributed by atoms with Crippen LogP contribution in [0.5, 0.6) is 0 Å². The third kappa shape index (κ3) is 3.55. The van der Waals surface area contributed by atoms with Crippen LogP contribution in [0.4, 0.5) is 8.78 Å². The Morgan fingerprint density at radius 1 is 1.10 bits per heavy atom. The number of piperidine rings is 1. The number of halogens is 2. The van der Waals surface area contributed by atoms with Gasteiger partial charge in [0.1, 0.15) is 0 Å². The van der Waals surface area contributed by atoms with Gasteiger partial charge >= 0.3 is 0 Å². The molecular formula is C16H22F2N2. The fraction of sp³-hybridized carbons (Fsp3) is 0.625. The predicted octanol–water partition coefficient (Wildman–Crippen LogP) is 2.91. The average molecular weight is 280 g/mol. The third-order valence-corrected chi connectivity index (χ3v) is 4.40. The zero-order valence-electron chi connectivity index (χ0n) is 11.7. The van der Waals surface area contributed by atoms with E-state index in [0.717, 1.165) is 31.0 Å². The van der Waals surface area contributed by atoms with Crippen LogP contribution in [0, 0.1) is 23.5 Å². The fourth-order valence-corrected chi connectivity index (χ4v) is 3.37. The van der Waals surface area contributed by atoms with Crippen molar-refractivity contribution in [3.8, 4) is 0 Å². The number of likely N-dealkylation sites (tertiary alicyclic amines) is 1. The summed E-state index contributed by atoms with van der Waals surface area (Å²) < 4.78 is 26.2. The van der Waals surface area contributed by atoms with E-state index in [1.165, 1.54) is 31.4 Å². The summed E-state index contributed by atoms with van der Waals surface area (Å²) in [4.78, 5) is 2.29. The summed E-state index contributed by atoms with van der Waals surface area (Å²) in [5.41, 5.74) is 6.97. The first-order valence-electron chi connectivity index (χ1n) is 7.52. The number of hydrogen-bond acceptors (Lipinski definition) is 2. The minimum absolute atomic E-state index is 0.206. The van der Waals surface area contributed by atoms with Crippen LogP contribution in [-0.4, -0.2) is 24.0 Å². The molecule has 1 aliphatic carbocycles. The van der Waals surface area contributed by atoms with Gasteiger partial charge in [-0.05, 0) is 42.4 Å². The smallest absolute Gasteiger partial charge is 0.159 e. The van der Waals surface area contributed by atoms with Gasteiger partial charge in [0, 0.05) is 25.7 Å². The van der Waals surface area contributed by atoms with Gasteiger partial charge in [-0.25, -0.2) is 8.78 Å². The van der Waals surface area contributed by atoms with E-state index in [1.807, 2.05) is 0 Å². The van der Waals surface area contributed by atoms with Crippen LogP contribution in [-0.2, 0) is 6.54 Å². The highest BCUT2D eigenvalue weighted by atomic mass is 19.2. The quantitative estimate of drug-likeness (QED) is 0.919. The molecule has 1 heterocycles. The van der Waals surface area contributed by atoms with E-state index >= 15 is 0 Å². The SMILES string of the molecule is NC1CC(CC2CC2)CN(Cc2ccc(F)c(F)c2)C1. The lowest BCUT2D eigenvalue weighted by Crippen LogP contribution is -2.46. The molecule has 3 rings (SSSR count). The molecule has 0 aromatic heterocycles. The van der Waals surface area contributed by atoms with E-state index in [1.54, 1.807) is 6.07 Å². The van der Waals surface area contributed by atoms with E-state index in [0.29, 0.717) is 12.5 Å². The van der Waals surface area contributed by atoms with E-state index in [2.05, 4.69) is 4.90 Å². The minimum atomic E-state index is -0.782. The lowest BCUT2D eigenvalue weighted by atomic mass is 9.90. The summed E-state index contributed by atoms with van der Waals surface area (Å²) in [6, 6.07) is 4.37. The molecule has 0 amide bonds. The second kappa shape index (κ2) is 5.78. The van der Waals surface area contributed by atoms with Gasteiger partial charge in [0.15, 0.2) is 11.6 Å². The lowest BCUT2D eigenvalue weighted by molar-refractivity contribution is 0.141. The molecule has 2 aliphatic rings. The van der Waals surface area contributed by atoms with Crippen molar-refractivity contribution in [1.29, 1.82) is 0 Å². The summed E-state index contributed by atoms with van der Waals surface area (Å²) in [5, 5.41) is 0. The molecule has 110 valence electrons. The first-order valence-corrected chi connectivity index (χ1v) is 7.52. The van der Waals surface area contributed by atoms with Crippen molar-refractivity contribution in [1.82, 2.24) is 4.90 Å². The highest BCUT2D eigenvalue weighted by Crippen LogP contribution is 2.37. The van der Waals surface area contributed by atoms with Crippen molar-refractivity contribution in [2.24, 2.45) is 17.6 Å². The van der Waals surface area contributed by atoms with Crippen molar-refractivity contribution in [2.45, 2.75) is 38.3 Å². The summed E-state index contributed by atoms with van der Waals surface area (Å²) in [6.45, 7) is 2.54. The lowest BCUT2D eigenvalue weighted by Gasteiger charge is -2.36. The molecule has 0 bridgehead atoms. The maximum atomic E-state index is 13.2. The summed E-state index contributed by atoms with van der Waals surface area (Å²) >= 11 is 0. The van der Waals surface area contributed by atoms with Crippen LogP contribution < -0.4 is 5.73 Å². The van der Waals surface area contributed by atoms with E-state index < -0.39 is 11.6 Å². The number of hydrogen-bond donors (Lipinski definition) is 1. The van der Waals surface area contributed by atoms with Crippen LogP contribution >= 0.6 is 0 Å². The Hall–Kier alpha value is -1.00. The average Bonchev–Trinajstić information content (AvgIpc) is 3.17. The fourth-order valence-electron chi connectivity index (χ4n) is 3.37. The maximum Gasteiger partial charge on any atom is 0.159 e. The molecule has 2 N–H and O–H groups in total. The zero-order valence-corrected chi connectivity index (χ0v) is 11.7. The van der Waals surface area contributed by atoms with E-state index in [9.17, 15) is 8.78 Å². The summed E-state index contributed by atoms with van der Waals surface area (Å²) in [7, 11) is 0. The second-order valence-corrected chi connectivity index (χ2v) is 6.48. The molecule has 1 aromatic carbocycles. The van der Waals surface area contributed by atoms with E-state index in [-0.39, 0.29) is 6.04 Å². The van der Waals surface area contributed by atoms with Crippen molar-refractivity contribution in [3.05, 3.63) is 35.4 Å². The molecule has 1 saturated heterocycles. The highest BCUT2D eigenvalue weighted by Gasteiger charge is 2.30. The molecule has 4 heteroatoms. The molecule has 2 unspecified atom stereocenters.